The highest BCUT2D eigenvalue weighted by molar-refractivity contribution is 5.82. The van der Waals surface area contributed by atoms with Gasteiger partial charge in [0, 0.05) is 18.1 Å². The van der Waals surface area contributed by atoms with Gasteiger partial charge in [0.2, 0.25) is 5.91 Å². The zero-order chi connectivity index (χ0) is 12.0. The minimum absolute atomic E-state index is 0.115. The van der Waals surface area contributed by atoms with Gasteiger partial charge in [-0.1, -0.05) is 13.8 Å². The van der Waals surface area contributed by atoms with E-state index in [1.165, 1.54) is 0 Å². The Kier molecular flexibility index (Phi) is 5.22. The summed E-state index contributed by atoms with van der Waals surface area (Å²) in [5, 5.41) is 15.2. The lowest BCUT2D eigenvalue weighted by molar-refractivity contribution is -0.132. The van der Waals surface area contributed by atoms with Crippen LogP contribution in [-0.4, -0.2) is 36.8 Å². The maximum absolute atomic E-state index is 12.1. The van der Waals surface area contributed by atoms with Gasteiger partial charge in [-0.25, -0.2) is 0 Å². The normalized spacial score (nSPS) is 21.4. The van der Waals surface area contributed by atoms with E-state index in [2.05, 4.69) is 10.6 Å². The highest BCUT2D eigenvalue weighted by atomic mass is 16.3. The Labute approximate surface area is 97.8 Å². The first-order chi connectivity index (χ1) is 7.62. The molecule has 4 heteroatoms. The average Bonchev–Trinajstić information content (AvgIpc) is 2.29. The van der Waals surface area contributed by atoms with Gasteiger partial charge in [0.15, 0.2) is 0 Å². The Morgan fingerprint density at radius 1 is 1.50 bits per heavy atom. The lowest BCUT2D eigenvalue weighted by Crippen LogP contribution is -2.48. The maximum atomic E-state index is 12.1. The Morgan fingerprint density at radius 2 is 2.12 bits per heavy atom. The van der Waals surface area contributed by atoms with E-state index in [9.17, 15) is 4.79 Å². The molecule has 0 aromatic heterocycles. The Morgan fingerprint density at radius 3 is 2.62 bits per heavy atom. The molecule has 4 nitrogen and oxygen atoms in total. The molecule has 1 fully saturated rings. The Bertz CT molecular complexity index is 225. The fraction of sp³-hybridized carbons (Fsp3) is 0.917. The smallest absolute Gasteiger partial charge is 0.226 e. The first-order valence-electron chi connectivity index (χ1n) is 6.25. The van der Waals surface area contributed by atoms with Gasteiger partial charge in [-0.05, 0) is 38.8 Å². The first kappa shape index (κ1) is 13.5. The summed E-state index contributed by atoms with van der Waals surface area (Å²) in [7, 11) is 0. The molecule has 1 saturated heterocycles. The van der Waals surface area contributed by atoms with Gasteiger partial charge in [-0.2, -0.15) is 0 Å². The van der Waals surface area contributed by atoms with Crippen LogP contribution in [-0.2, 0) is 4.79 Å². The Balaban J connectivity index is 2.48. The number of carbonyl (C=O) groups is 1. The van der Waals surface area contributed by atoms with E-state index in [0.29, 0.717) is 6.42 Å². The van der Waals surface area contributed by atoms with Gasteiger partial charge < -0.3 is 15.7 Å². The number of amides is 1. The number of nitrogens with one attached hydrogen (secondary N) is 2. The van der Waals surface area contributed by atoms with Crippen molar-refractivity contribution >= 4 is 5.91 Å². The van der Waals surface area contributed by atoms with E-state index in [0.717, 1.165) is 32.4 Å². The largest absolute Gasteiger partial charge is 0.396 e. The third-order valence-electron chi connectivity index (χ3n) is 3.56. The van der Waals surface area contributed by atoms with Crippen molar-refractivity contribution in [1.29, 1.82) is 0 Å². The molecule has 1 atom stereocenters. The molecule has 1 aliphatic heterocycles. The molecule has 0 spiro atoms. The number of hydrogen-bond acceptors (Lipinski definition) is 3. The number of piperidine rings is 1. The number of carbonyl (C=O) groups excluding carboxylic acids is 1. The highest BCUT2D eigenvalue weighted by Crippen LogP contribution is 2.28. The van der Waals surface area contributed by atoms with E-state index in [1.807, 2.05) is 13.8 Å². The topological polar surface area (TPSA) is 61.4 Å². The van der Waals surface area contributed by atoms with Crippen molar-refractivity contribution in [2.45, 2.75) is 45.6 Å². The van der Waals surface area contributed by atoms with Crippen molar-refractivity contribution in [3.05, 3.63) is 0 Å². The summed E-state index contributed by atoms with van der Waals surface area (Å²) >= 11 is 0. The third kappa shape index (κ3) is 3.46. The quantitative estimate of drug-likeness (QED) is 0.647. The van der Waals surface area contributed by atoms with Crippen molar-refractivity contribution in [3.63, 3.8) is 0 Å². The summed E-state index contributed by atoms with van der Waals surface area (Å²) in [6.45, 7) is 6.04. The predicted octanol–water partition coefficient (Wildman–Crippen LogP) is 0.653. The van der Waals surface area contributed by atoms with Crippen molar-refractivity contribution in [2.75, 3.05) is 19.7 Å². The van der Waals surface area contributed by atoms with Gasteiger partial charge in [-0.15, -0.1) is 0 Å². The third-order valence-corrected chi connectivity index (χ3v) is 3.56. The van der Waals surface area contributed by atoms with E-state index in [1.54, 1.807) is 0 Å². The molecule has 3 N–H and O–H groups in total. The standard InChI is InChI=1S/C12H24N2O2/c1-3-10(4-9-15)14-11(16)12(2)5-7-13-8-6-12/h10,13,15H,3-9H2,1-2H3,(H,14,16). The molecular weight excluding hydrogens is 204 g/mol. The second kappa shape index (κ2) is 6.21. The fourth-order valence-corrected chi connectivity index (χ4v) is 2.10. The molecular formula is C12H24N2O2. The van der Waals surface area contributed by atoms with Crippen molar-refractivity contribution in [1.82, 2.24) is 10.6 Å². The summed E-state index contributed by atoms with van der Waals surface area (Å²) in [5.74, 6) is 0.148. The van der Waals surface area contributed by atoms with Crippen LogP contribution in [0.2, 0.25) is 0 Å². The van der Waals surface area contributed by atoms with Gasteiger partial charge >= 0.3 is 0 Å². The van der Waals surface area contributed by atoms with Crippen LogP contribution in [0.1, 0.15) is 39.5 Å². The summed E-state index contributed by atoms with van der Waals surface area (Å²) in [6, 6.07) is 0.115. The number of rotatable bonds is 5. The summed E-state index contributed by atoms with van der Waals surface area (Å²) < 4.78 is 0. The van der Waals surface area contributed by atoms with Crippen LogP contribution in [0.3, 0.4) is 0 Å². The zero-order valence-electron chi connectivity index (χ0n) is 10.4. The SMILES string of the molecule is CCC(CCO)NC(=O)C1(C)CCNCC1. The molecule has 1 amide bonds. The van der Waals surface area contributed by atoms with Crippen LogP contribution in [0.4, 0.5) is 0 Å². The second-order valence-electron chi connectivity index (χ2n) is 4.90. The van der Waals surface area contributed by atoms with Crippen LogP contribution in [0, 0.1) is 5.41 Å². The average molecular weight is 228 g/mol. The van der Waals surface area contributed by atoms with Crippen LogP contribution in [0.25, 0.3) is 0 Å². The predicted molar refractivity (Wildman–Crippen MR) is 64.1 cm³/mol. The molecule has 16 heavy (non-hydrogen) atoms. The molecule has 94 valence electrons. The maximum Gasteiger partial charge on any atom is 0.226 e. The van der Waals surface area contributed by atoms with Crippen LogP contribution >= 0.6 is 0 Å². The molecule has 0 bridgehead atoms. The molecule has 1 unspecified atom stereocenters. The molecule has 1 aliphatic rings. The van der Waals surface area contributed by atoms with E-state index >= 15 is 0 Å². The summed E-state index contributed by atoms with van der Waals surface area (Å²) in [4.78, 5) is 12.1. The Hall–Kier alpha value is -0.610. The van der Waals surface area contributed by atoms with Gasteiger partial charge in [0.25, 0.3) is 0 Å². The molecule has 1 rings (SSSR count). The van der Waals surface area contributed by atoms with Crippen molar-refractivity contribution in [3.8, 4) is 0 Å². The van der Waals surface area contributed by atoms with Crippen LogP contribution < -0.4 is 10.6 Å². The molecule has 0 aliphatic carbocycles. The van der Waals surface area contributed by atoms with Gasteiger partial charge in [0.1, 0.15) is 0 Å². The second-order valence-corrected chi connectivity index (χ2v) is 4.90. The van der Waals surface area contributed by atoms with Gasteiger partial charge in [0.05, 0.1) is 0 Å². The number of aliphatic hydroxyl groups is 1. The highest BCUT2D eigenvalue weighted by Gasteiger charge is 2.35. The molecule has 0 aromatic rings. The first-order valence-corrected chi connectivity index (χ1v) is 6.25. The lowest BCUT2D eigenvalue weighted by atomic mass is 9.80. The van der Waals surface area contributed by atoms with Crippen molar-refractivity contribution < 1.29 is 9.90 Å². The lowest BCUT2D eigenvalue weighted by Gasteiger charge is -2.34. The van der Waals surface area contributed by atoms with E-state index in [-0.39, 0.29) is 24.0 Å². The van der Waals surface area contributed by atoms with E-state index < -0.39 is 0 Å². The van der Waals surface area contributed by atoms with Gasteiger partial charge in [-0.3, -0.25) is 4.79 Å². The number of hydrogen-bond donors (Lipinski definition) is 3. The molecule has 0 saturated carbocycles. The van der Waals surface area contributed by atoms with Crippen molar-refractivity contribution in [2.24, 2.45) is 5.41 Å². The van der Waals surface area contributed by atoms with Crippen LogP contribution in [0.5, 0.6) is 0 Å². The van der Waals surface area contributed by atoms with Crippen LogP contribution in [0.15, 0.2) is 0 Å². The monoisotopic (exact) mass is 228 g/mol. The molecule has 1 heterocycles. The molecule has 0 aromatic carbocycles. The minimum Gasteiger partial charge on any atom is -0.396 e. The fourth-order valence-electron chi connectivity index (χ4n) is 2.10. The minimum atomic E-state index is -0.228. The zero-order valence-corrected chi connectivity index (χ0v) is 10.4. The number of aliphatic hydroxyl groups excluding tert-OH is 1. The molecule has 0 radical (unpaired) electrons. The summed E-state index contributed by atoms with van der Waals surface area (Å²) in [5.41, 5.74) is -0.228. The summed E-state index contributed by atoms with van der Waals surface area (Å²) in [6.07, 6.45) is 3.32. The van der Waals surface area contributed by atoms with E-state index in [4.69, 9.17) is 5.11 Å².